The third-order valence-corrected chi connectivity index (χ3v) is 5.43. The molecule has 7 nitrogen and oxygen atoms in total. The van der Waals surface area contributed by atoms with E-state index in [4.69, 9.17) is 26.8 Å². The van der Waals surface area contributed by atoms with E-state index in [1.54, 1.807) is 29.0 Å². The fourth-order valence-electron chi connectivity index (χ4n) is 2.95. The molecule has 0 saturated carbocycles. The molecule has 1 fully saturated rings. The SMILES string of the molecule is CCOc1cccc(/C=C2\SC(=S)N(n3c(C)ccc3C)C2=O)c1OCC(=O)O. The molecule has 0 bridgehead atoms. The lowest BCUT2D eigenvalue weighted by molar-refractivity contribution is -0.139. The molecule has 1 saturated heterocycles. The highest BCUT2D eigenvalue weighted by Gasteiger charge is 2.35. The first kappa shape index (κ1) is 20.9. The van der Waals surface area contributed by atoms with Gasteiger partial charge in [-0.05, 0) is 57.3 Å². The van der Waals surface area contributed by atoms with Crippen LogP contribution in [0, 0.1) is 13.8 Å². The Kier molecular flexibility index (Phi) is 6.29. The van der Waals surface area contributed by atoms with Crippen molar-refractivity contribution >= 4 is 46.3 Å². The lowest BCUT2D eigenvalue weighted by Gasteiger charge is -2.20. The van der Waals surface area contributed by atoms with Gasteiger partial charge in [0.2, 0.25) is 0 Å². The molecule has 0 atom stereocenters. The van der Waals surface area contributed by atoms with E-state index in [1.807, 2.05) is 32.9 Å². The maximum atomic E-state index is 13.1. The van der Waals surface area contributed by atoms with Gasteiger partial charge >= 0.3 is 5.97 Å². The summed E-state index contributed by atoms with van der Waals surface area (Å²) in [6.07, 6.45) is 1.65. The maximum absolute atomic E-state index is 13.1. The molecule has 152 valence electrons. The van der Waals surface area contributed by atoms with Crippen LogP contribution < -0.4 is 14.5 Å². The van der Waals surface area contributed by atoms with Gasteiger partial charge < -0.3 is 14.6 Å². The lowest BCUT2D eigenvalue weighted by atomic mass is 10.1. The van der Waals surface area contributed by atoms with Crippen molar-refractivity contribution < 1.29 is 24.2 Å². The molecule has 2 aromatic rings. The number of benzene rings is 1. The highest BCUT2D eigenvalue weighted by atomic mass is 32.2. The number of carbonyl (C=O) groups excluding carboxylic acids is 1. The van der Waals surface area contributed by atoms with Crippen molar-refractivity contribution in [1.82, 2.24) is 4.68 Å². The lowest BCUT2D eigenvalue weighted by Crippen LogP contribution is -2.39. The van der Waals surface area contributed by atoms with Crippen molar-refractivity contribution in [3.05, 3.63) is 52.2 Å². The quantitative estimate of drug-likeness (QED) is 0.530. The van der Waals surface area contributed by atoms with Gasteiger partial charge in [0.15, 0.2) is 22.4 Å². The van der Waals surface area contributed by atoms with Crippen molar-refractivity contribution in [2.45, 2.75) is 20.8 Å². The van der Waals surface area contributed by atoms with Crippen LogP contribution in [0.15, 0.2) is 35.2 Å². The molecule has 1 aliphatic heterocycles. The number of carboxylic acid groups (broad SMARTS) is 1. The average Bonchev–Trinajstić information content (AvgIpc) is 3.12. The van der Waals surface area contributed by atoms with Crippen LogP contribution in [0.25, 0.3) is 6.08 Å². The standard InChI is InChI=1S/C20H20N2O5S2/c1-4-26-15-7-5-6-14(18(15)27-11-17(23)24)10-16-19(25)22(20(28)29-16)21-12(2)8-9-13(21)3/h5-10H,4,11H2,1-3H3,(H,23,24)/b16-10-. The minimum Gasteiger partial charge on any atom is -0.490 e. The second-order valence-corrected chi connectivity index (χ2v) is 7.89. The molecule has 1 aliphatic rings. The predicted octanol–water partition coefficient (Wildman–Crippen LogP) is 3.50. The number of rotatable bonds is 7. The molecule has 2 heterocycles. The molecule has 0 spiro atoms. The first-order chi connectivity index (χ1) is 13.8. The number of hydrogen-bond acceptors (Lipinski definition) is 6. The topological polar surface area (TPSA) is 81.0 Å². The molecule has 0 radical (unpaired) electrons. The molecule has 0 aliphatic carbocycles. The summed E-state index contributed by atoms with van der Waals surface area (Å²) in [7, 11) is 0. The zero-order valence-electron chi connectivity index (χ0n) is 16.2. The molecule has 3 rings (SSSR count). The summed E-state index contributed by atoms with van der Waals surface area (Å²) in [4.78, 5) is 24.5. The summed E-state index contributed by atoms with van der Waals surface area (Å²) in [6.45, 7) is 5.49. The second kappa shape index (κ2) is 8.71. The van der Waals surface area contributed by atoms with Gasteiger partial charge in [-0.1, -0.05) is 23.9 Å². The zero-order valence-corrected chi connectivity index (χ0v) is 17.8. The molecule has 1 aromatic carbocycles. The van der Waals surface area contributed by atoms with Crippen molar-refractivity contribution in [2.75, 3.05) is 18.2 Å². The summed E-state index contributed by atoms with van der Waals surface area (Å²) >= 11 is 6.62. The van der Waals surface area contributed by atoms with Gasteiger partial charge in [-0.15, -0.1) is 0 Å². The van der Waals surface area contributed by atoms with Crippen molar-refractivity contribution in [2.24, 2.45) is 0 Å². The number of thioether (sulfide) groups is 1. The van der Waals surface area contributed by atoms with Crippen LogP contribution in [0.5, 0.6) is 11.5 Å². The first-order valence-corrected chi connectivity index (χ1v) is 10.1. The Balaban J connectivity index is 2.00. The van der Waals surface area contributed by atoms with Crippen LogP contribution in [0.2, 0.25) is 0 Å². The van der Waals surface area contributed by atoms with Crippen LogP contribution >= 0.6 is 24.0 Å². The molecule has 1 aromatic heterocycles. The maximum Gasteiger partial charge on any atom is 0.341 e. The highest BCUT2D eigenvalue weighted by molar-refractivity contribution is 8.27. The summed E-state index contributed by atoms with van der Waals surface area (Å²) in [5.41, 5.74) is 2.33. The van der Waals surface area contributed by atoms with Gasteiger partial charge in [0.25, 0.3) is 5.91 Å². The number of hydrogen-bond donors (Lipinski definition) is 1. The third-order valence-electron chi connectivity index (χ3n) is 4.14. The van der Waals surface area contributed by atoms with Gasteiger partial charge in [-0.25, -0.2) is 4.79 Å². The van der Waals surface area contributed by atoms with E-state index in [0.29, 0.717) is 27.1 Å². The smallest absolute Gasteiger partial charge is 0.341 e. The molecule has 29 heavy (non-hydrogen) atoms. The van der Waals surface area contributed by atoms with Crippen LogP contribution in [0.1, 0.15) is 23.9 Å². The minimum absolute atomic E-state index is 0.256. The molecular weight excluding hydrogens is 412 g/mol. The normalized spacial score (nSPS) is 15.3. The molecule has 1 N–H and O–H groups in total. The van der Waals surface area contributed by atoms with E-state index in [2.05, 4.69) is 0 Å². The minimum atomic E-state index is -1.10. The van der Waals surface area contributed by atoms with E-state index < -0.39 is 12.6 Å². The molecule has 0 unspecified atom stereocenters. The van der Waals surface area contributed by atoms with Crippen LogP contribution in [-0.4, -0.2) is 39.2 Å². The number of ether oxygens (including phenoxy) is 2. The number of nitrogens with zero attached hydrogens (tertiary/aromatic N) is 2. The van der Waals surface area contributed by atoms with Crippen LogP contribution in [-0.2, 0) is 9.59 Å². The van der Waals surface area contributed by atoms with Gasteiger partial charge in [0, 0.05) is 17.0 Å². The first-order valence-electron chi connectivity index (χ1n) is 8.87. The Morgan fingerprint density at radius 3 is 2.52 bits per heavy atom. The van der Waals surface area contributed by atoms with Crippen LogP contribution in [0.3, 0.4) is 0 Å². The fraction of sp³-hybridized carbons (Fsp3) is 0.250. The molecule has 1 amide bonds. The second-order valence-electron chi connectivity index (χ2n) is 6.21. The highest BCUT2D eigenvalue weighted by Crippen LogP contribution is 2.37. The van der Waals surface area contributed by atoms with Gasteiger partial charge in [-0.3, -0.25) is 9.47 Å². The Labute approximate surface area is 177 Å². The van der Waals surface area contributed by atoms with Crippen molar-refractivity contribution in [3.63, 3.8) is 0 Å². The largest absolute Gasteiger partial charge is 0.490 e. The Morgan fingerprint density at radius 1 is 1.21 bits per heavy atom. The number of carbonyl (C=O) groups is 2. The van der Waals surface area contributed by atoms with Gasteiger partial charge in [-0.2, -0.15) is 5.01 Å². The summed E-state index contributed by atoms with van der Waals surface area (Å²) in [5, 5.41) is 10.4. The van der Waals surface area contributed by atoms with E-state index in [1.165, 1.54) is 16.8 Å². The van der Waals surface area contributed by atoms with Gasteiger partial charge in [0.05, 0.1) is 11.5 Å². The van der Waals surface area contributed by atoms with E-state index in [0.717, 1.165) is 11.4 Å². The summed E-state index contributed by atoms with van der Waals surface area (Å²) < 4.78 is 13.2. The third kappa shape index (κ3) is 4.30. The zero-order chi connectivity index (χ0) is 21.1. The Hall–Kier alpha value is -2.78. The van der Waals surface area contributed by atoms with Crippen LogP contribution in [0.4, 0.5) is 0 Å². The monoisotopic (exact) mass is 432 g/mol. The summed E-state index contributed by atoms with van der Waals surface area (Å²) in [5.74, 6) is -0.675. The number of para-hydroxylation sites is 1. The predicted molar refractivity (Wildman–Crippen MR) is 116 cm³/mol. The summed E-state index contributed by atoms with van der Waals surface area (Å²) in [6, 6.07) is 9.02. The number of aromatic nitrogens is 1. The number of carboxylic acids is 1. The average molecular weight is 433 g/mol. The fourth-order valence-corrected chi connectivity index (χ4v) is 4.19. The number of amides is 1. The van der Waals surface area contributed by atoms with Gasteiger partial charge in [0.1, 0.15) is 0 Å². The number of thiocarbonyl (C=S) groups is 1. The van der Waals surface area contributed by atoms with Crippen molar-refractivity contribution in [1.29, 1.82) is 0 Å². The molecular formula is C20H20N2O5S2. The van der Waals surface area contributed by atoms with E-state index >= 15 is 0 Å². The van der Waals surface area contributed by atoms with E-state index in [9.17, 15) is 9.59 Å². The van der Waals surface area contributed by atoms with Crippen molar-refractivity contribution in [3.8, 4) is 11.5 Å². The Morgan fingerprint density at radius 2 is 1.90 bits per heavy atom. The number of aryl methyl sites for hydroxylation is 2. The van der Waals surface area contributed by atoms with E-state index in [-0.39, 0.29) is 11.7 Å². The Bertz CT molecular complexity index is 993. The number of aliphatic carboxylic acids is 1. The molecule has 9 heteroatoms.